The molecule has 100 valence electrons. The number of likely N-dealkylation sites (N-methyl/N-ethyl adjacent to an activating group) is 1. The Kier molecular flexibility index (Phi) is 2.69. The van der Waals surface area contributed by atoms with Gasteiger partial charge in [-0.3, -0.25) is 9.59 Å². The molecule has 1 heterocycles. The Labute approximate surface area is 111 Å². The van der Waals surface area contributed by atoms with Gasteiger partial charge < -0.3 is 14.9 Å². The third-order valence-electron chi connectivity index (χ3n) is 3.93. The maximum Gasteiger partial charge on any atom is 0.307 e. The van der Waals surface area contributed by atoms with Crippen LogP contribution in [0.4, 0.5) is 11.4 Å². The summed E-state index contributed by atoms with van der Waals surface area (Å²) in [6.45, 7) is 1.39. The fraction of sp³-hybridized carbons (Fsp3) is 0.429. The van der Waals surface area contributed by atoms with E-state index in [9.17, 15) is 9.59 Å². The van der Waals surface area contributed by atoms with Gasteiger partial charge in [0.25, 0.3) is 0 Å². The van der Waals surface area contributed by atoms with Gasteiger partial charge in [0.1, 0.15) is 0 Å². The van der Waals surface area contributed by atoms with Crippen LogP contribution in [-0.2, 0) is 9.59 Å². The third-order valence-corrected chi connectivity index (χ3v) is 3.93. The molecule has 1 aromatic carbocycles. The SMILES string of the molecule is CN1CCN(C(=O)C2CC2C(=O)O)c2ccccc21. The lowest BCUT2D eigenvalue weighted by molar-refractivity contribution is -0.140. The second kappa shape index (κ2) is 4.26. The van der Waals surface area contributed by atoms with Crippen molar-refractivity contribution in [3.05, 3.63) is 24.3 Å². The summed E-state index contributed by atoms with van der Waals surface area (Å²) < 4.78 is 0. The summed E-state index contributed by atoms with van der Waals surface area (Å²) in [5.74, 6) is -1.73. The fourth-order valence-corrected chi connectivity index (χ4v) is 2.68. The standard InChI is InChI=1S/C14H16N2O3/c1-15-6-7-16(12-5-3-2-4-11(12)15)13(17)9-8-10(9)14(18)19/h2-5,9-10H,6-8H2,1H3,(H,18,19). The van der Waals surface area contributed by atoms with Crippen LogP contribution in [0.5, 0.6) is 0 Å². The Morgan fingerprint density at radius 3 is 2.47 bits per heavy atom. The lowest BCUT2D eigenvalue weighted by Crippen LogP contribution is -2.43. The first-order chi connectivity index (χ1) is 9.09. The van der Waals surface area contributed by atoms with E-state index in [4.69, 9.17) is 5.11 Å². The van der Waals surface area contributed by atoms with E-state index in [-0.39, 0.29) is 11.8 Å². The summed E-state index contributed by atoms with van der Waals surface area (Å²) in [7, 11) is 2.00. The molecule has 0 aromatic heterocycles. The van der Waals surface area contributed by atoms with E-state index in [0.29, 0.717) is 13.0 Å². The van der Waals surface area contributed by atoms with Crippen LogP contribution >= 0.6 is 0 Å². The number of rotatable bonds is 2. The minimum absolute atomic E-state index is 0.0482. The van der Waals surface area contributed by atoms with E-state index in [0.717, 1.165) is 17.9 Å². The number of amides is 1. The molecule has 5 heteroatoms. The minimum atomic E-state index is -0.860. The van der Waals surface area contributed by atoms with Crippen LogP contribution in [0.3, 0.4) is 0 Å². The highest BCUT2D eigenvalue weighted by Crippen LogP contribution is 2.42. The molecule has 2 unspecified atom stereocenters. The number of hydrogen-bond acceptors (Lipinski definition) is 3. The molecular weight excluding hydrogens is 244 g/mol. The first kappa shape index (κ1) is 12.0. The lowest BCUT2D eigenvalue weighted by atomic mass is 10.1. The zero-order chi connectivity index (χ0) is 13.6. The van der Waals surface area contributed by atoms with Gasteiger partial charge in [-0.05, 0) is 18.6 Å². The summed E-state index contributed by atoms with van der Waals surface area (Å²) in [5, 5.41) is 8.93. The van der Waals surface area contributed by atoms with Crippen molar-refractivity contribution in [3.63, 3.8) is 0 Å². The van der Waals surface area contributed by atoms with Gasteiger partial charge in [-0.2, -0.15) is 0 Å². The van der Waals surface area contributed by atoms with Gasteiger partial charge in [-0.1, -0.05) is 12.1 Å². The molecule has 1 N–H and O–H groups in total. The van der Waals surface area contributed by atoms with Crippen LogP contribution in [0.1, 0.15) is 6.42 Å². The van der Waals surface area contributed by atoms with E-state index in [1.54, 1.807) is 4.90 Å². The van der Waals surface area contributed by atoms with Gasteiger partial charge in [-0.15, -0.1) is 0 Å². The smallest absolute Gasteiger partial charge is 0.307 e. The molecule has 1 saturated carbocycles. The van der Waals surface area contributed by atoms with E-state index < -0.39 is 11.9 Å². The first-order valence-corrected chi connectivity index (χ1v) is 6.44. The van der Waals surface area contributed by atoms with Crippen LogP contribution < -0.4 is 9.80 Å². The number of fused-ring (bicyclic) bond motifs is 1. The normalized spacial score (nSPS) is 24.9. The van der Waals surface area contributed by atoms with Crippen molar-refractivity contribution < 1.29 is 14.7 Å². The monoisotopic (exact) mass is 260 g/mol. The van der Waals surface area contributed by atoms with E-state index >= 15 is 0 Å². The minimum Gasteiger partial charge on any atom is -0.481 e. The Hall–Kier alpha value is -2.04. The zero-order valence-corrected chi connectivity index (χ0v) is 10.7. The molecule has 2 atom stereocenters. The van der Waals surface area contributed by atoms with Crippen molar-refractivity contribution in [2.75, 3.05) is 29.9 Å². The second-order valence-corrected chi connectivity index (χ2v) is 5.19. The zero-order valence-electron chi connectivity index (χ0n) is 10.7. The average molecular weight is 260 g/mol. The molecule has 2 aliphatic rings. The Morgan fingerprint density at radius 2 is 1.84 bits per heavy atom. The van der Waals surface area contributed by atoms with Crippen molar-refractivity contribution >= 4 is 23.3 Å². The summed E-state index contributed by atoms with van der Waals surface area (Å²) in [6, 6.07) is 7.75. The van der Waals surface area contributed by atoms with Crippen molar-refractivity contribution in [1.29, 1.82) is 0 Å². The van der Waals surface area contributed by atoms with Gasteiger partial charge >= 0.3 is 5.97 Å². The maximum atomic E-state index is 12.4. The molecule has 19 heavy (non-hydrogen) atoms. The van der Waals surface area contributed by atoms with Crippen molar-refractivity contribution in [2.45, 2.75) is 6.42 Å². The van der Waals surface area contributed by atoms with Crippen molar-refractivity contribution in [1.82, 2.24) is 0 Å². The van der Waals surface area contributed by atoms with Crippen molar-refractivity contribution in [2.24, 2.45) is 11.8 Å². The van der Waals surface area contributed by atoms with Crippen molar-refractivity contribution in [3.8, 4) is 0 Å². The molecule has 0 bridgehead atoms. The highest BCUT2D eigenvalue weighted by atomic mass is 16.4. The number of anilines is 2. The fourth-order valence-electron chi connectivity index (χ4n) is 2.68. The quantitative estimate of drug-likeness (QED) is 0.867. The number of carboxylic acids is 1. The molecule has 1 aliphatic carbocycles. The Bertz CT molecular complexity index is 543. The lowest BCUT2D eigenvalue weighted by Gasteiger charge is -2.35. The summed E-state index contributed by atoms with van der Waals surface area (Å²) in [6.07, 6.45) is 0.475. The van der Waals surface area contributed by atoms with Crippen LogP contribution in [0.2, 0.25) is 0 Å². The van der Waals surface area contributed by atoms with E-state index in [1.807, 2.05) is 31.3 Å². The molecule has 1 aliphatic heterocycles. The van der Waals surface area contributed by atoms with Gasteiger partial charge in [0.15, 0.2) is 0 Å². The van der Waals surface area contributed by atoms with E-state index in [1.165, 1.54) is 0 Å². The Balaban J connectivity index is 1.85. The summed E-state index contributed by atoms with van der Waals surface area (Å²) >= 11 is 0. The molecule has 1 fully saturated rings. The number of benzene rings is 1. The molecule has 5 nitrogen and oxygen atoms in total. The largest absolute Gasteiger partial charge is 0.481 e. The number of para-hydroxylation sites is 2. The number of carbonyl (C=O) groups is 2. The maximum absolute atomic E-state index is 12.4. The van der Waals surface area contributed by atoms with Gasteiger partial charge in [-0.25, -0.2) is 0 Å². The first-order valence-electron chi connectivity index (χ1n) is 6.44. The van der Waals surface area contributed by atoms with E-state index in [2.05, 4.69) is 4.90 Å². The molecule has 3 rings (SSSR count). The van der Waals surface area contributed by atoms with Crippen LogP contribution in [0.25, 0.3) is 0 Å². The molecule has 1 aromatic rings. The number of carboxylic acid groups (broad SMARTS) is 1. The molecule has 1 amide bonds. The number of nitrogens with zero attached hydrogens (tertiary/aromatic N) is 2. The Morgan fingerprint density at radius 1 is 1.16 bits per heavy atom. The molecule has 0 radical (unpaired) electrons. The topological polar surface area (TPSA) is 60.9 Å². The number of carbonyl (C=O) groups excluding carboxylic acids is 1. The van der Waals surface area contributed by atoms with Crippen LogP contribution in [-0.4, -0.2) is 37.1 Å². The summed E-state index contributed by atoms with van der Waals surface area (Å²) in [5.41, 5.74) is 1.91. The van der Waals surface area contributed by atoms with Gasteiger partial charge in [0.05, 0.1) is 23.2 Å². The average Bonchev–Trinajstić information content (AvgIpc) is 3.19. The number of hydrogen-bond donors (Lipinski definition) is 1. The molecule has 0 spiro atoms. The second-order valence-electron chi connectivity index (χ2n) is 5.19. The van der Waals surface area contributed by atoms with Gasteiger partial charge in [0, 0.05) is 20.1 Å². The molecular formula is C14H16N2O3. The predicted octanol–water partition coefficient (Wildman–Crippen LogP) is 1.19. The third kappa shape index (κ3) is 1.95. The van der Waals surface area contributed by atoms with Crippen LogP contribution in [0, 0.1) is 11.8 Å². The van der Waals surface area contributed by atoms with Crippen LogP contribution in [0.15, 0.2) is 24.3 Å². The van der Waals surface area contributed by atoms with Gasteiger partial charge in [0.2, 0.25) is 5.91 Å². The number of aliphatic carboxylic acids is 1. The molecule has 0 saturated heterocycles. The predicted molar refractivity (Wildman–Crippen MR) is 71.3 cm³/mol. The highest BCUT2D eigenvalue weighted by molar-refractivity contribution is 6.02. The highest BCUT2D eigenvalue weighted by Gasteiger charge is 2.50. The summed E-state index contributed by atoms with van der Waals surface area (Å²) in [4.78, 5) is 27.1.